The summed E-state index contributed by atoms with van der Waals surface area (Å²) in [5.74, 6) is 1.66. The van der Waals surface area contributed by atoms with Crippen LogP contribution in [0.5, 0.6) is 0 Å². The third-order valence-corrected chi connectivity index (χ3v) is 5.20. The molecule has 2 aliphatic rings. The van der Waals surface area contributed by atoms with Gasteiger partial charge in [0, 0.05) is 37.9 Å². The highest BCUT2D eigenvalue weighted by atomic mass is 16.4. The van der Waals surface area contributed by atoms with Crippen LogP contribution in [0.25, 0.3) is 0 Å². The number of nitrogens with one attached hydrogen (secondary N) is 3. The highest BCUT2D eigenvalue weighted by Crippen LogP contribution is 2.20. The molecule has 144 valence electrons. The van der Waals surface area contributed by atoms with Crippen LogP contribution in [-0.2, 0) is 0 Å². The largest absolute Gasteiger partial charge is 0.465 e. The van der Waals surface area contributed by atoms with Crippen LogP contribution in [0, 0.1) is 0 Å². The number of amides is 1. The Kier molecular flexibility index (Phi) is 6.88. The molecule has 2 fully saturated rings. The molecule has 2 atom stereocenters. The van der Waals surface area contributed by atoms with E-state index in [2.05, 4.69) is 25.8 Å². The van der Waals surface area contributed by atoms with E-state index in [1.54, 1.807) is 0 Å². The van der Waals surface area contributed by atoms with E-state index in [0.29, 0.717) is 12.5 Å². The van der Waals surface area contributed by atoms with E-state index in [-0.39, 0.29) is 12.1 Å². The smallest absolute Gasteiger partial charge is 0.404 e. The van der Waals surface area contributed by atoms with Crippen LogP contribution in [0.4, 0.5) is 16.6 Å². The molecule has 1 aromatic rings. The number of rotatable bonds is 6. The molecule has 2 aliphatic heterocycles. The van der Waals surface area contributed by atoms with Gasteiger partial charge in [-0.05, 0) is 44.7 Å². The van der Waals surface area contributed by atoms with Gasteiger partial charge in [0.2, 0.25) is 5.95 Å². The normalized spacial score (nSPS) is 23.9. The summed E-state index contributed by atoms with van der Waals surface area (Å²) in [6, 6.07) is 2.41. The van der Waals surface area contributed by atoms with Gasteiger partial charge in [-0.25, -0.2) is 9.78 Å². The fourth-order valence-electron chi connectivity index (χ4n) is 3.82. The van der Waals surface area contributed by atoms with Crippen LogP contribution in [0.15, 0.2) is 12.3 Å². The molecule has 3 rings (SSSR count). The van der Waals surface area contributed by atoms with Crippen LogP contribution < -0.4 is 20.9 Å². The summed E-state index contributed by atoms with van der Waals surface area (Å²) in [5.41, 5.74) is 0. The topological polar surface area (TPSA) is 102 Å². The Morgan fingerprint density at radius 1 is 1.27 bits per heavy atom. The van der Waals surface area contributed by atoms with Gasteiger partial charge in [-0.2, -0.15) is 4.98 Å². The zero-order valence-corrected chi connectivity index (χ0v) is 15.3. The number of nitrogens with zero attached hydrogens (tertiary/aromatic N) is 3. The van der Waals surface area contributed by atoms with Gasteiger partial charge < -0.3 is 26.0 Å². The van der Waals surface area contributed by atoms with Gasteiger partial charge in [0.1, 0.15) is 5.82 Å². The molecule has 2 unspecified atom stereocenters. The quantitative estimate of drug-likeness (QED) is 0.614. The average molecular weight is 362 g/mol. The molecule has 26 heavy (non-hydrogen) atoms. The van der Waals surface area contributed by atoms with E-state index < -0.39 is 6.09 Å². The molecule has 0 aromatic carbocycles. The third kappa shape index (κ3) is 5.45. The minimum Gasteiger partial charge on any atom is -0.465 e. The summed E-state index contributed by atoms with van der Waals surface area (Å²) in [6.45, 7) is 3.53. The van der Waals surface area contributed by atoms with E-state index in [0.717, 1.165) is 44.7 Å². The second kappa shape index (κ2) is 9.56. The molecule has 0 saturated carbocycles. The van der Waals surface area contributed by atoms with Crippen molar-refractivity contribution in [1.29, 1.82) is 0 Å². The second-order valence-electron chi connectivity index (χ2n) is 7.11. The fraction of sp³-hybridized carbons (Fsp3) is 0.722. The van der Waals surface area contributed by atoms with E-state index in [1.807, 2.05) is 12.3 Å². The lowest BCUT2D eigenvalue weighted by Crippen LogP contribution is -2.50. The highest BCUT2D eigenvalue weighted by molar-refractivity contribution is 5.64. The maximum Gasteiger partial charge on any atom is 0.404 e. The monoisotopic (exact) mass is 362 g/mol. The van der Waals surface area contributed by atoms with Crippen LogP contribution in [0.2, 0.25) is 0 Å². The lowest BCUT2D eigenvalue weighted by molar-refractivity contribution is 0.193. The molecule has 1 aromatic heterocycles. The molecule has 8 nitrogen and oxygen atoms in total. The minimum atomic E-state index is -0.973. The van der Waals surface area contributed by atoms with Crippen molar-refractivity contribution in [2.45, 2.75) is 57.0 Å². The predicted molar refractivity (Wildman–Crippen MR) is 102 cm³/mol. The van der Waals surface area contributed by atoms with E-state index in [4.69, 9.17) is 10.1 Å². The Morgan fingerprint density at radius 2 is 2.08 bits per heavy atom. The maximum atomic E-state index is 10.7. The van der Waals surface area contributed by atoms with Crippen molar-refractivity contribution in [2.24, 2.45) is 0 Å². The Morgan fingerprint density at radius 3 is 2.85 bits per heavy atom. The summed E-state index contributed by atoms with van der Waals surface area (Å²) >= 11 is 0. The highest BCUT2D eigenvalue weighted by Gasteiger charge is 2.25. The minimum absolute atomic E-state index is 0.207. The summed E-state index contributed by atoms with van der Waals surface area (Å²) in [5, 5.41) is 18.2. The molecule has 2 saturated heterocycles. The summed E-state index contributed by atoms with van der Waals surface area (Å²) in [4.78, 5) is 22.2. The first kappa shape index (κ1) is 18.7. The van der Waals surface area contributed by atoms with Crippen molar-refractivity contribution in [3.63, 3.8) is 0 Å². The number of anilines is 2. The van der Waals surface area contributed by atoms with Gasteiger partial charge in [0.15, 0.2) is 0 Å². The van der Waals surface area contributed by atoms with Gasteiger partial charge >= 0.3 is 6.09 Å². The van der Waals surface area contributed by atoms with Crippen molar-refractivity contribution in [2.75, 3.05) is 36.4 Å². The van der Waals surface area contributed by atoms with Gasteiger partial charge in [0.25, 0.3) is 0 Å². The van der Waals surface area contributed by atoms with Crippen molar-refractivity contribution in [3.8, 4) is 0 Å². The summed E-state index contributed by atoms with van der Waals surface area (Å²) in [6.07, 6.45) is 8.75. The van der Waals surface area contributed by atoms with Crippen molar-refractivity contribution in [1.82, 2.24) is 20.6 Å². The first-order valence-electron chi connectivity index (χ1n) is 9.77. The van der Waals surface area contributed by atoms with Crippen molar-refractivity contribution < 1.29 is 9.90 Å². The average Bonchev–Trinajstić information content (AvgIpc) is 2.93. The number of carbonyl (C=O) groups is 1. The van der Waals surface area contributed by atoms with Gasteiger partial charge in [-0.15, -0.1) is 0 Å². The first-order chi connectivity index (χ1) is 12.7. The molecule has 0 radical (unpaired) electrons. The van der Waals surface area contributed by atoms with Crippen LogP contribution in [0.3, 0.4) is 0 Å². The van der Waals surface area contributed by atoms with Gasteiger partial charge in [-0.1, -0.05) is 12.8 Å². The molecule has 1 amide bonds. The van der Waals surface area contributed by atoms with Crippen LogP contribution in [0.1, 0.15) is 44.9 Å². The Labute approximate surface area is 154 Å². The number of carboxylic acid groups (broad SMARTS) is 1. The zero-order valence-electron chi connectivity index (χ0n) is 15.3. The van der Waals surface area contributed by atoms with E-state index in [9.17, 15) is 4.79 Å². The third-order valence-electron chi connectivity index (χ3n) is 5.20. The molecule has 3 heterocycles. The van der Waals surface area contributed by atoms with Crippen molar-refractivity contribution >= 4 is 17.9 Å². The molecule has 0 spiro atoms. The van der Waals surface area contributed by atoms with E-state index >= 15 is 0 Å². The van der Waals surface area contributed by atoms with Crippen molar-refractivity contribution in [3.05, 3.63) is 12.3 Å². The van der Waals surface area contributed by atoms with Crippen LogP contribution >= 0.6 is 0 Å². The molecular weight excluding hydrogens is 332 g/mol. The molecule has 0 bridgehead atoms. The van der Waals surface area contributed by atoms with E-state index in [1.165, 1.54) is 25.7 Å². The summed E-state index contributed by atoms with van der Waals surface area (Å²) in [7, 11) is 0. The Bertz CT molecular complexity index is 577. The van der Waals surface area contributed by atoms with Crippen LogP contribution in [-0.4, -0.2) is 59.4 Å². The number of piperidine rings is 1. The predicted octanol–water partition coefficient (Wildman–Crippen LogP) is 2.05. The number of aromatic nitrogens is 2. The number of hydrogen-bond acceptors (Lipinski definition) is 6. The molecular formula is C18H30N6O2. The van der Waals surface area contributed by atoms with Gasteiger partial charge in [0.05, 0.1) is 0 Å². The molecule has 8 heteroatoms. The molecule has 0 aliphatic carbocycles. The standard InChI is InChI=1S/C18H30N6O2/c25-18(26)21-10-7-14-15(6-5-9-19-14)22-17-20-11-8-16(23-17)24-12-3-1-2-4-13-24/h8,11,14-15,19,21H,1-7,9-10,12-13H2,(H,25,26)(H,20,22,23). The molecule has 4 N–H and O–H groups in total. The lowest BCUT2D eigenvalue weighted by atomic mass is 9.96. The second-order valence-corrected chi connectivity index (χ2v) is 7.11. The Hall–Kier alpha value is -2.09. The summed E-state index contributed by atoms with van der Waals surface area (Å²) < 4.78 is 0. The zero-order chi connectivity index (χ0) is 18.2. The maximum absolute atomic E-state index is 10.7. The Balaban J connectivity index is 1.60. The first-order valence-corrected chi connectivity index (χ1v) is 9.77. The van der Waals surface area contributed by atoms with Gasteiger partial charge in [-0.3, -0.25) is 0 Å². The SMILES string of the molecule is O=C(O)NCCC1NCCCC1Nc1nccc(N2CCCCCC2)n1. The lowest BCUT2D eigenvalue weighted by Gasteiger charge is -2.33. The number of hydrogen-bond donors (Lipinski definition) is 4. The fourth-order valence-corrected chi connectivity index (χ4v) is 3.82.